The fraction of sp³-hybridized carbons (Fsp3) is 1.00. The van der Waals surface area contributed by atoms with Gasteiger partial charge in [-0.2, -0.15) is 0 Å². The molecule has 3 nitrogen and oxygen atoms in total. The van der Waals surface area contributed by atoms with Crippen LogP contribution in [0.25, 0.3) is 0 Å². The first kappa shape index (κ1) is 13.7. The quantitative estimate of drug-likeness (QED) is 0.736. The molecule has 6 heteroatoms. The Bertz CT molecular complexity index is 191. The topological polar surface area (TPSA) is 24.5 Å². The Morgan fingerprint density at radius 2 is 1.94 bits per heavy atom. The molecule has 0 radical (unpaired) electrons. The Morgan fingerprint density at radius 1 is 1.31 bits per heavy atom. The van der Waals surface area contributed by atoms with E-state index in [4.69, 9.17) is 0 Å². The summed E-state index contributed by atoms with van der Waals surface area (Å²) >= 11 is 0. The molecule has 16 heavy (non-hydrogen) atoms. The Kier molecular flexibility index (Phi) is 5.51. The monoisotopic (exact) mass is 240 g/mol. The molecule has 96 valence electrons. The van der Waals surface area contributed by atoms with Crippen molar-refractivity contribution in [2.24, 2.45) is 5.92 Å². The van der Waals surface area contributed by atoms with Gasteiger partial charge in [0.15, 0.2) is 0 Å². The number of rotatable bonds is 5. The molecular formula is C10H19F3N2O. The summed E-state index contributed by atoms with van der Waals surface area (Å²) in [6.07, 6.45) is -2.28. The van der Waals surface area contributed by atoms with Crippen molar-refractivity contribution in [3.8, 4) is 0 Å². The summed E-state index contributed by atoms with van der Waals surface area (Å²) in [6, 6.07) is 0. The summed E-state index contributed by atoms with van der Waals surface area (Å²) in [5.41, 5.74) is 0. The predicted molar refractivity (Wildman–Crippen MR) is 55.1 cm³/mol. The zero-order chi connectivity index (χ0) is 12.0. The molecule has 1 aliphatic heterocycles. The molecule has 0 unspecified atom stereocenters. The van der Waals surface area contributed by atoms with E-state index in [0.29, 0.717) is 5.92 Å². The van der Waals surface area contributed by atoms with Crippen molar-refractivity contribution in [1.29, 1.82) is 0 Å². The van der Waals surface area contributed by atoms with Crippen LogP contribution in [0.3, 0.4) is 0 Å². The SMILES string of the molecule is CN1CCC(CNCCOC(F)(F)F)CC1. The molecule has 0 spiro atoms. The van der Waals surface area contributed by atoms with E-state index in [9.17, 15) is 13.2 Å². The lowest BCUT2D eigenvalue weighted by Gasteiger charge is -2.29. The molecule has 0 aromatic rings. The van der Waals surface area contributed by atoms with Crippen molar-refractivity contribution in [1.82, 2.24) is 10.2 Å². The Morgan fingerprint density at radius 3 is 2.50 bits per heavy atom. The number of nitrogens with zero attached hydrogens (tertiary/aromatic N) is 1. The molecule has 1 heterocycles. The number of ether oxygens (including phenoxy) is 1. The predicted octanol–water partition coefficient (Wildman–Crippen LogP) is 1.45. The first-order valence-corrected chi connectivity index (χ1v) is 5.57. The Labute approximate surface area is 93.9 Å². The molecule has 0 atom stereocenters. The largest absolute Gasteiger partial charge is 0.522 e. The average molecular weight is 240 g/mol. The number of hydrogen-bond donors (Lipinski definition) is 1. The third-order valence-corrected chi connectivity index (χ3v) is 2.82. The van der Waals surface area contributed by atoms with Crippen LogP contribution in [0, 0.1) is 5.92 Å². The van der Waals surface area contributed by atoms with Crippen LogP contribution in [0.15, 0.2) is 0 Å². The van der Waals surface area contributed by atoms with Crippen molar-refractivity contribution in [3.63, 3.8) is 0 Å². The summed E-state index contributed by atoms with van der Waals surface area (Å²) in [5.74, 6) is 0.585. The number of halogens is 3. The summed E-state index contributed by atoms with van der Waals surface area (Å²) < 4.78 is 38.5. The highest BCUT2D eigenvalue weighted by Gasteiger charge is 2.28. The van der Waals surface area contributed by atoms with E-state index in [2.05, 4.69) is 22.0 Å². The van der Waals surface area contributed by atoms with Gasteiger partial charge in [-0.05, 0) is 45.4 Å². The Hall–Kier alpha value is -0.330. The van der Waals surface area contributed by atoms with Crippen LogP contribution < -0.4 is 5.32 Å². The molecule has 0 saturated carbocycles. The number of hydrogen-bond acceptors (Lipinski definition) is 3. The highest BCUT2D eigenvalue weighted by molar-refractivity contribution is 4.71. The second-order valence-electron chi connectivity index (χ2n) is 4.24. The molecule has 1 N–H and O–H groups in total. The smallest absolute Gasteiger partial charge is 0.314 e. The van der Waals surface area contributed by atoms with Gasteiger partial charge in [-0.25, -0.2) is 0 Å². The first-order chi connectivity index (χ1) is 7.47. The van der Waals surface area contributed by atoms with E-state index >= 15 is 0 Å². The van der Waals surface area contributed by atoms with Crippen LogP contribution in [-0.2, 0) is 4.74 Å². The van der Waals surface area contributed by atoms with Crippen molar-refractivity contribution in [2.75, 3.05) is 39.8 Å². The minimum Gasteiger partial charge on any atom is -0.314 e. The van der Waals surface area contributed by atoms with Gasteiger partial charge in [0.25, 0.3) is 0 Å². The maximum atomic E-state index is 11.6. The number of nitrogens with one attached hydrogen (secondary N) is 1. The second kappa shape index (κ2) is 6.42. The zero-order valence-corrected chi connectivity index (χ0v) is 9.52. The van der Waals surface area contributed by atoms with Crippen molar-refractivity contribution in [3.05, 3.63) is 0 Å². The minimum absolute atomic E-state index is 0.256. The summed E-state index contributed by atoms with van der Waals surface area (Å²) in [5, 5.41) is 3.00. The van der Waals surface area contributed by atoms with E-state index in [0.717, 1.165) is 32.5 Å². The van der Waals surface area contributed by atoms with Gasteiger partial charge in [-0.15, -0.1) is 13.2 Å². The maximum Gasteiger partial charge on any atom is 0.522 e. The van der Waals surface area contributed by atoms with Gasteiger partial charge in [-0.3, -0.25) is 4.74 Å². The van der Waals surface area contributed by atoms with Gasteiger partial charge >= 0.3 is 6.36 Å². The van der Waals surface area contributed by atoms with Crippen LogP contribution >= 0.6 is 0 Å². The average Bonchev–Trinajstić information content (AvgIpc) is 2.19. The molecule has 1 saturated heterocycles. The van der Waals surface area contributed by atoms with Gasteiger partial charge in [0.2, 0.25) is 0 Å². The van der Waals surface area contributed by atoms with Crippen LogP contribution in [0.2, 0.25) is 0 Å². The summed E-state index contributed by atoms with van der Waals surface area (Å²) in [6.45, 7) is 2.88. The molecule has 1 rings (SSSR count). The van der Waals surface area contributed by atoms with Gasteiger partial charge in [0.1, 0.15) is 0 Å². The summed E-state index contributed by atoms with van der Waals surface area (Å²) in [7, 11) is 2.08. The van der Waals surface area contributed by atoms with Crippen LogP contribution in [0.1, 0.15) is 12.8 Å². The van der Waals surface area contributed by atoms with Gasteiger partial charge in [-0.1, -0.05) is 0 Å². The zero-order valence-electron chi connectivity index (χ0n) is 9.52. The third kappa shape index (κ3) is 6.30. The fourth-order valence-corrected chi connectivity index (χ4v) is 1.81. The number of likely N-dealkylation sites (tertiary alicyclic amines) is 1. The van der Waals surface area contributed by atoms with E-state index < -0.39 is 6.36 Å². The van der Waals surface area contributed by atoms with Crippen LogP contribution in [0.5, 0.6) is 0 Å². The van der Waals surface area contributed by atoms with E-state index in [-0.39, 0.29) is 13.2 Å². The van der Waals surface area contributed by atoms with Gasteiger partial charge < -0.3 is 10.2 Å². The normalized spacial score (nSPS) is 20.2. The highest BCUT2D eigenvalue weighted by atomic mass is 19.4. The minimum atomic E-state index is -4.50. The van der Waals surface area contributed by atoms with Crippen LogP contribution in [0.4, 0.5) is 13.2 Å². The molecule has 0 aromatic carbocycles. The fourth-order valence-electron chi connectivity index (χ4n) is 1.81. The highest BCUT2D eigenvalue weighted by Crippen LogP contribution is 2.16. The van der Waals surface area contributed by atoms with E-state index in [1.807, 2.05) is 0 Å². The third-order valence-electron chi connectivity index (χ3n) is 2.82. The molecule has 1 fully saturated rings. The second-order valence-corrected chi connectivity index (χ2v) is 4.24. The standard InChI is InChI=1S/C10H19F3N2O/c1-15-5-2-9(3-6-15)8-14-4-7-16-10(11,12)13/h9,14H,2-8H2,1H3. The lowest BCUT2D eigenvalue weighted by Crippen LogP contribution is -2.36. The Balaban J connectivity index is 1.95. The lowest BCUT2D eigenvalue weighted by atomic mass is 9.97. The molecule has 0 amide bonds. The van der Waals surface area contributed by atoms with Gasteiger partial charge in [0.05, 0.1) is 6.61 Å². The molecule has 1 aliphatic rings. The molecule has 0 aromatic heterocycles. The molecular weight excluding hydrogens is 221 g/mol. The van der Waals surface area contributed by atoms with Crippen LogP contribution in [-0.4, -0.2) is 51.1 Å². The van der Waals surface area contributed by atoms with E-state index in [1.165, 1.54) is 0 Å². The van der Waals surface area contributed by atoms with Crippen molar-refractivity contribution >= 4 is 0 Å². The first-order valence-electron chi connectivity index (χ1n) is 5.57. The molecule has 0 bridgehead atoms. The van der Waals surface area contributed by atoms with Crippen molar-refractivity contribution < 1.29 is 17.9 Å². The molecule has 0 aliphatic carbocycles. The maximum absolute atomic E-state index is 11.6. The van der Waals surface area contributed by atoms with E-state index in [1.54, 1.807) is 0 Å². The number of piperidine rings is 1. The van der Waals surface area contributed by atoms with Gasteiger partial charge in [0, 0.05) is 6.54 Å². The lowest BCUT2D eigenvalue weighted by molar-refractivity contribution is -0.323. The summed E-state index contributed by atoms with van der Waals surface area (Å²) in [4.78, 5) is 2.27. The van der Waals surface area contributed by atoms with Crippen molar-refractivity contribution in [2.45, 2.75) is 19.2 Å². The number of alkyl halides is 3.